The highest BCUT2D eigenvalue weighted by molar-refractivity contribution is 9.10. The lowest BCUT2D eigenvalue weighted by Crippen LogP contribution is -2.43. The summed E-state index contributed by atoms with van der Waals surface area (Å²) >= 11 is 12.7. The van der Waals surface area contributed by atoms with E-state index in [9.17, 15) is 9.59 Å². The van der Waals surface area contributed by atoms with Gasteiger partial charge >= 0.3 is 0 Å². The van der Waals surface area contributed by atoms with Crippen molar-refractivity contribution in [1.29, 1.82) is 0 Å². The molecule has 156 valence electrons. The molecule has 0 heterocycles. The Bertz CT molecular complexity index is 878. The van der Waals surface area contributed by atoms with Crippen LogP contribution in [0, 0.1) is 5.92 Å². The number of benzene rings is 2. The maximum Gasteiger partial charge on any atom is 0.276 e. The van der Waals surface area contributed by atoms with Crippen molar-refractivity contribution in [2.75, 3.05) is 13.2 Å². The number of amides is 2. The van der Waals surface area contributed by atoms with Crippen LogP contribution < -0.4 is 20.3 Å². The molecule has 9 heteroatoms. The first-order valence-electron chi connectivity index (χ1n) is 8.85. The fraction of sp³-hybridized carbons (Fsp3) is 0.300. The first-order valence-corrected chi connectivity index (χ1v) is 10.8. The summed E-state index contributed by atoms with van der Waals surface area (Å²) < 4.78 is 12.5. The summed E-state index contributed by atoms with van der Waals surface area (Å²) in [4.78, 5) is 24.1. The van der Waals surface area contributed by atoms with E-state index in [0.29, 0.717) is 39.1 Å². The number of hydrazine groups is 1. The molecule has 0 unspecified atom stereocenters. The zero-order chi connectivity index (χ0) is 21.4. The minimum atomic E-state index is -0.523. The zero-order valence-corrected chi connectivity index (χ0v) is 19.9. The summed E-state index contributed by atoms with van der Waals surface area (Å²) in [5.74, 6) is 0.588. The molecule has 2 aromatic carbocycles. The van der Waals surface area contributed by atoms with Gasteiger partial charge in [0.15, 0.2) is 6.61 Å². The molecule has 0 aliphatic heterocycles. The maximum atomic E-state index is 12.2. The number of hydrogen-bond acceptors (Lipinski definition) is 4. The second-order valence-corrected chi connectivity index (χ2v) is 8.72. The van der Waals surface area contributed by atoms with Crippen molar-refractivity contribution in [2.24, 2.45) is 5.92 Å². The second kappa shape index (κ2) is 11.4. The van der Waals surface area contributed by atoms with Gasteiger partial charge in [-0.05, 0) is 64.7 Å². The quantitative estimate of drug-likeness (QED) is 0.449. The van der Waals surface area contributed by atoms with Gasteiger partial charge < -0.3 is 9.47 Å². The number of nitrogens with one attached hydrogen (secondary N) is 2. The molecule has 2 amide bonds. The number of carbonyl (C=O) groups is 2. The van der Waals surface area contributed by atoms with Gasteiger partial charge in [0.25, 0.3) is 11.8 Å². The van der Waals surface area contributed by atoms with E-state index in [1.165, 1.54) is 0 Å². The van der Waals surface area contributed by atoms with Crippen LogP contribution >= 0.6 is 43.5 Å². The molecular weight excluding hydrogens is 527 g/mol. The van der Waals surface area contributed by atoms with Crippen LogP contribution in [0.15, 0.2) is 45.3 Å². The molecule has 2 aromatic rings. The van der Waals surface area contributed by atoms with Crippen molar-refractivity contribution in [2.45, 2.75) is 20.3 Å². The van der Waals surface area contributed by atoms with E-state index < -0.39 is 11.8 Å². The summed E-state index contributed by atoms with van der Waals surface area (Å²) in [5, 5.41) is 0.372. The molecule has 0 saturated carbocycles. The number of carbonyl (C=O) groups excluding carboxylic acids is 2. The first kappa shape index (κ1) is 23.5. The topological polar surface area (TPSA) is 76.7 Å². The first-order chi connectivity index (χ1) is 13.8. The average Bonchev–Trinajstić information content (AvgIpc) is 2.66. The third kappa shape index (κ3) is 7.87. The fourth-order valence-corrected chi connectivity index (χ4v) is 3.36. The van der Waals surface area contributed by atoms with Crippen molar-refractivity contribution in [3.05, 3.63) is 55.9 Å². The Morgan fingerprint density at radius 3 is 2.41 bits per heavy atom. The highest BCUT2D eigenvalue weighted by Gasteiger charge is 2.12. The molecule has 0 radical (unpaired) electrons. The van der Waals surface area contributed by atoms with Gasteiger partial charge in [-0.3, -0.25) is 20.4 Å². The summed E-state index contributed by atoms with van der Waals surface area (Å²) in [6.07, 6.45) is 0.939. The standard InChI is InChI=1S/C20H21Br2ClN2O4/c1-12(2)7-8-28-17-5-3-13(9-15(17)22)20(27)25-24-19(26)11-29-18-6-4-14(21)10-16(18)23/h3-6,9-10,12H,7-8,11H2,1-2H3,(H,24,26)(H,25,27). The molecule has 0 spiro atoms. The van der Waals surface area contributed by atoms with Gasteiger partial charge in [0.05, 0.1) is 16.1 Å². The molecule has 0 fully saturated rings. The van der Waals surface area contributed by atoms with Crippen LogP contribution in [0.5, 0.6) is 11.5 Å². The van der Waals surface area contributed by atoms with Crippen LogP contribution in [-0.2, 0) is 4.79 Å². The SMILES string of the molecule is CC(C)CCOc1ccc(C(=O)NNC(=O)COc2ccc(Br)cc2Cl)cc1Br. The van der Waals surface area contributed by atoms with Crippen molar-refractivity contribution >= 4 is 55.3 Å². The normalized spacial score (nSPS) is 10.6. The van der Waals surface area contributed by atoms with E-state index in [1.807, 2.05) is 0 Å². The smallest absolute Gasteiger partial charge is 0.276 e. The summed E-state index contributed by atoms with van der Waals surface area (Å²) in [5.41, 5.74) is 5.01. The van der Waals surface area contributed by atoms with Gasteiger partial charge in [0.2, 0.25) is 0 Å². The lowest BCUT2D eigenvalue weighted by molar-refractivity contribution is -0.123. The molecule has 2 N–H and O–H groups in total. The summed E-state index contributed by atoms with van der Waals surface area (Å²) in [6.45, 7) is 4.55. The van der Waals surface area contributed by atoms with Crippen molar-refractivity contribution in [1.82, 2.24) is 10.9 Å². The highest BCUT2D eigenvalue weighted by atomic mass is 79.9. The molecule has 0 atom stereocenters. The molecule has 0 saturated heterocycles. The van der Waals surface area contributed by atoms with E-state index in [1.54, 1.807) is 36.4 Å². The lowest BCUT2D eigenvalue weighted by atomic mass is 10.1. The van der Waals surface area contributed by atoms with Crippen LogP contribution in [0.3, 0.4) is 0 Å². The van der Waals surface area contributed by atoms with Crippen molar-refractivity contribution < 1.29 is 19.1 Å². The lowest BCUT2D eigenvalue weighted by Gasteiger charge is -2.12. The summed E-state index contributed by atoms with van der Waals surface area (Å²) in [6, 6.07) is 10.00. The Kier molecular flexibility index (Phi) is 9.26. The van der Waals surface area contributed by atoms with Crippen LogP contribution in [0.25, 0.3) is 0 Å². The van der Waals surface area contributed by atoms with Gasteiger partial charge in [-0.25, -0.2) is 0 Å². The maximum absolute atomic E-state index is 12.2. The monoisotopic (exact) mass is 546 g/mol. The minimum absolute atomic E-state index is 0.298. The molecule has 6 nitrogen and oxygen atoms in total. The number of rotatable bonds is 8. The molecule has 0 aliphatic carbocycles. The minimum Gasteiger partial charge on any atom is -0.492 e. The van der Waals surface area contributed by atoms with E-state index >= 15 is 0 Å². The molecule has 29 heavy (non-hydrogen) atoms. The fourth-order valence-electron chi connectivity index (χ4n) is 2.13. The van der Waals surface area contributed by atoms with Crippen LogP contribution in [-0.4, -0.2) is 25.0 Å². The van der Waals surface area contributed by atoms with Crippen LogP contribution in [0.4, 0.5) is 0 Å². The number of ether oxygens (including phenoxy) is 2. The Labute approximate surface area is 191 Å². The highest BCUT2D eigenvalue weighted by Crippen LogP contribution is 2.28. The van der Waals surface area contributed by atoms with E-state index in [-0.39, 0.29) is 6.61 Å². The number of halogens is 3. The molecule has 0 aliphatic rings. The zero-order valence-electron chi connectivity index (χ0n) is 15.9. The summed E-state index contributed by atoms with van der Waals surface area (Å²) in [7, 11) is 0. The van der Waals surface area contributed by atoms with Gasteiger partial charge in [0.1, 0.15) is 11.5 Å². The molecular formula is C20H21Br2ClN2O4. The van der Waals surface area contributed by atoms with E-state index in [2.05, 4.69) is 56.6 Å². The Morgan fingerprint density at radius 2 is 1.76 bits per heavy atom. The number of hydrogen-bond donors (Lipinski definition) is 2. The van der Waals surface area contributed by atoms with E-state index in [0.717, 1.165) is 10.9 Å². The van der Waals surface area contributed by atoms with E-state index in [4.69, 9.17) is 21.1 Å². The van der Waals surface area contributed by atoms with Crippen LogP contribution in [0.2, 0.25) is 5.02 Å². The largest absolute Gasteiger partial charge is 0.492 e. The Balaban J connectivity index is 1.82. The second-order valence-electron chi connectivity index (χ2n) is 6.54. The van der Waals surface area contributed by atoms with Gasteiger partial charge in [0, 0.05) is 10.0 Å². The van der Waals surface area contributed by atoms with Gasteiger partial charge in [-0.2, -0.15) is 0 Å². The van der Waals surface area contributed by atoms with Gasteiger partial charge in [-0.1, -0.05) is 41.4 Å². The van der Waals surface area contributed by atoms with Crippen molar-refractivity contribution in [3.8, 4) is 11.5 Å². The Morgan fingerprint density at radius 1 is 1.03 bits per heavy atom. The predicted molar refractivity (Wildman–Crippen MR) is 119 cm³/mol. The third-order valence-corrected chi connectivity index (χ3v) is 5.12. The van der Waals surface area contributed by atoms with Crippen LogP contribution in [0.1, 0.15) is 30.6 Å². The van der Waals surface area contributed by atoms with Gasteiger partial charge in [-0.15, -0.1) is 0 Å². The van der Waals surface area contributed by atoms with Crippen molar-refractivity contribution in [3.63, 3.8) is 0 Å². The molecule has 0 aromatic heterocycles. The Hall–Kier alpha value is -1.77. The third-order valence-electron chi connectivity index (χ3n) is 3.71. The average molecular weight is 549 g/mol. The predicted octanol–water partition coefficient (Wildman–Crippen LogP) is 5.13. The molecule has 2 rings (SSSR count). The molecule has 0 bridgehead atoms.